The van der Waals surface area contributed by atoms with Gasteiger partial charge in [0, 0.05) is 10.9 Å². The zero-order chi connectivity index (χ0) is 12.9. The zero-order valence-electron chi connectivity index (χ0n) is 9.20. The highest BCUT2D eigenvalue weighted by Crippen LogP contribution is 2.37. The second-order valence-corrected chi connectivity index (χ2v) is 4.79. The van der Waals surface area contributed by atoms with Crippen molar-refractivity contribution in [3.05, 3.63) is 29.8 Å². The molecule has 0 aliphatic carbocycles. The van der Waals surface area contributed by atoms with E-state index in [-0.39, 0.29) is 22.7 Å². The number of rotatable bonds is 5. The van der Waals surface area contributed by atoms with E-state index >= 15 is 0 Å². The van der Waals surface area contributed by atoms with Gasteiger partial charge in [0.2, 0.25) is 0 Å². The molecule has 2 nitrogen and oxygen atoms in total. The Bertz CT molecular complexity index is 338. The summed E-state index contributed by atoms with van der Waals surface area (Å²) in [6, 6.07) is 5.99. The van der Waals surface area contributed by atoms with Crippen molar-refractivity contribution in [2.45, 2.75) is 29.3 Å². The molecule has 0 spiro atoms. The zero-order valence-corrected chi connectivity index (χ0v) is 10.0. The van der Waals surface area contributed by atoms with Gasteiger partial charge >= 0.3 is 5.51 Å². The van der Waals surface area contributed by atoms with Gasteiger partial charge in [-0.1, -0.05) is 12.1 Å². The van der Waals surface area contributed by atoms with E-state index in [0.717, 1.165) is 18.4 Å². The van der Waals surface area contributed by atoms with Crippen LogP contribution in [0.4, 0.5) is 13.2 Å². The van der Waals surface area contributed by atoms with Crippen LogP contribution in [0.25, 0.3) is 0 Å². The summed E-state index contributed by atoms with van der Waals surface area (Å²) in [5.41, 5.74) is 7.83. The van der Waals surface area contributed by atoms with E-state index in [9.17, 15) is 13.2 Å². The van der Waals surface area contributed by atoms with Crippen LogP contribution in [-0.4, -0.2) is 12.1 Å². The van der Waals surface area contributed by atoms with Gasteiger partial charge in [0.15, 0.2) is 0 Å². The number of alkyl halides is 3. The van der Waals surface area contributed by atoms with Crippen molar-refractivity contribution in [1.82, 2.24) is 0 Å². The number of halogens is 3. The molecule has 6 heteroatoms. The highest BCUT2D eigenvalue weighted by molar-refractivity contribution is 8.00. The number of hydrogen-bond acceptors (Lipinski definition) is 3. The maximum Gasteiger partial charge on any atom is 0.446 e. The van der Waals surface area contributed by atoms with Crippen LogP contribution in [-0.2, 0) is 0 Å². The third-order valence-electron chi connectivity index (χ3n) is 2.26. The maximum absolute atomic E-state index is 12.1. The lowest BCUT2D eigenvalue weighted by atomic mass is 10.0. The van der Waals surface area contributed by atoms with Gasteiger partial charge in [-0.2, -0.15) is 13.2 Å². The second-order valence-electron chi connectivity index (χ2n) is 3.65. The fourth-order valence-electron chi connectivity index (χ4n) is 1.42. The molecule has 96 valence electrons. The second kappa shape index (κ2) is 6.28. The van der Waals surface area contributed by atoms with Gasteiger partial charge in [0.25, 0.3) is 0 Å². The first-order chi connectivity index (χ1) is 7.92. The molecule has 0 aliphatic rings. The molecule has 0 saturated heterocycles. The Morgan fingerprint density at radius 1 is 1.18 bits per heavy atom. The molecule has 1 atom stereocenters. The van der Waals surface area contributed by atoms with Gasteiger partial charge < -0.3 is 11.5 Å². The minimum absolute atomic E-state index is 0.122. The first kappa shape index (κ1) is 14.3. The van der Waals surface area contributed by atoms with E-state index < -0.39 is 5.51 Å². The summed E-state index contributed by atoms with van der Waals surface area (Å²) in [5, 5.41) is 0. The van der Waals surface area contributed by atoms with Crippen molar-refractivity contribution in [1.29, 1.82) is 0 Å². The molecule has 0 amide bonds. The Hall–Kier alpha value is -0.720. The van der Waals surface area contributed by atoms with Gasteiger partial charge in [0.1, 0.15) is 0 Å². The molecule has 0 fully saturated rings. The van der Waals surface area contributed by atoms with Gasteiger partial charge in [0.05, 0.1) is 0 Å². The first-order valence-electron chi connectivity index (χ1n) is 5.24. The van der Waals surface area contributed by atoms with Crippen molar-refractivity contribution in [2.24, 2.45) is 11.5 Å². The van der Waals surface area contributed by atoms with Gasteiger partial charge in [-0.25, -0.2) is 0 Å². The third-order valence-corrected chi connectivity index (χ3v) is 3.00. The minimum atomic E-state index is -4.25. The van der Waals surface area contributed by atoms with Gasteiger partial charge in [-0.3, -0.25) is 0 Å². The highest BCUT2D eigenvalue weighted by atomic mass is 32.2. The summed E-state index contributed by atoms with van der Waals surface area (Å²) < 4.78 is 36.3. The van der Waals surface area contributed by atoms with E-state index in [4.69, 9.17) is 11.5 Å². The van der Waals surface area contributed by atoms with E-state index in [1.54, 1.807) is 12.1 Å². The Morgan fingerprint density at radius 3 is 2.24 bits per heavy atom. The molecule has 0 aromatic heterocycles. The summed E-state index contributed by atoms with van der Waals surface area (Å²) in [6.07, 6.45) is 1.54. The van der Waals surface area contributed by atoms with E-state index in [1.807, 2.05) is 0 Å². The fourth-order valence-corrected chi connectivity index (χ4v) is 1.96. The standard InChI is InChI=1S/C11H15F3N2S/c12-11(13,14)17-9-5-3-8(4-6-9)10(16)2-1-7-15/h3-6,10H,1-2,7,15-16H2/t10-/m0/s1. The van der Waals surface area contributed by atoms with Crippen LogP contribution in [0.5, 0.6) is 0 Å². The Morgan fingerprint density at radius 2 is 1.76 bits per heavy atom. The SMILES string of the molecule is NCCC[C@H](N)c1ccc(SC(F)(F)F)cc1. The number of nitrogens with two attached hydrogens (primary N) is 2. The predicted molar refractivity (Wildman–Crippen MR) is 63.6 cm³/mol. The lowest BCUT2D eigenvalue weighted by Crippen LogP contribution is -2.12. The number of thioether (sulfide) groups is 1. The molecular weight excluding hydrogens is 249 g/mol. The van der Waals surface area contributed by atoms with Gasteiger partial charge in [-0.15, -0.1) is 0 Å². The lowest BCUT2D eigenvalue weighted by molar-refractivity contribution is -0.0328. The molecular formula is C11H15F3N2S. The van der Waals surface area contributed by atoms with Crippen LogP contribution >= 0.6 is 11.8 Å². The molecule has 0 radical (unpaired) electrons. The summed E-state index contributed by atoms with van der Waals surface area (Å²) in [4.78, 5) is 0.173. The fraction of sp³-hybridized carbons (Fsp3) is 0.455. The van der Waals surface area contributed by atoms with Crippen LogP contribution < -0.4 is 11.5 Å². The quantitative estimate of drug-likeness (QED) is 0.804. The average molecular weight is 264 g/mol. The average Bonchev–Trinajstić information content (AvgIpc) is 2.24. The van der Waals surface area contributed by atoms with Crippen molar-refractivity contribution < 1.29 is 13.2 Å². The molecule has 17 heavy (non-hydrogen) atoms. The molecule has 0 unspecified atom stereocenters. The number of benzene rings is 1. The highest BCUT2D eigenvalue weighted by Gasteiger charge is 2.29. The third kappa shape index (κ3) is 5.43. The summed E-state index contributed by atoms with van der Waals surface area (Å²) in [6.45, 7) is 0.565. The van der Waals surface area contributed by atoms with Gasteiger partial charge in [-0.05, 0) is 48.8 Å². The minimum Gasteiger partial charge on any atom is -0.330 e. The predicted octanol–water partition coefficient (Wildman–Crippen LogP) is 3.04. The molecule has 4 N–H and O–H groups in total. The van der Waals surface area contributed by atoms with Crippen LogP contribution in [0.1, 0.15) is 24.4 Å². The maximum atomic E-state index is 12.1. The molecule has 1 aromatic carbocycles. The molecule has 1 aromatic rings. The lowest BCUT2D eigenvalue weighted by Gasteiger charge is -2.12. The first-order valence-corrected chi connectivity index (χ1v) is 6.05. The van der Waals surface area contributed by atoms with Crippen molar-refractivity contribution in [3.63, 3.8) is 0 Å². The van der Waals surface area contributed by atoms with E-state index in [1.165, 1.54) is 12.1 Å². The Labute approximate surface area is 103 Å². The monoisotopic (exact) mass is 264 g/mol. The normalized spacial score (nSPS) is 13.7. The van der Waals surface area contributed by atoms with Crippen LogP contribution in [0, 0.1) is 0 Å². The van der Waals surface area contributed by atoms with Crippen LogP contribution in [0.3, 0.4) is 0 Å². The largest absolute Gasteiger partial charge is 0.446 e. The molecule has 0 bridgehead atoms. The van der Waals surface area contributed by atoms with Crippen LogP contribution in [0.2, 0.25) is 0 Å². The van der Waals surface area contributed by atoms with E-state index in [0.29, 0.717) is 6.54 Å². The van der Waals surface area contributed by atoms with Crippen LogP contribution in [0.15, 0.2) is 29.2 Å². The Kier molecular flexibility index (Phi) is 5.30. The van der Waals surface area contributed by atoms with Crippen molar-refractivity contribution >= 4 is 11.8 Å². The topological polar surface area (TPSA) is 52.0 Å². The molecule has 1 rings (SSSR count). The van der Waals surface area contributed by atoms with Crippen molar-refractivity contribution in [2.75, 3.05) is 6.54 Å². The smallest absolute Gasteiger partial charge is 0.330 e. The summed E-state index contributed by atoms with van der Waals surface area (Å²) in [5.74, 6) is 0. The van der Waals surface area contributed by atoms with E-state index in [2.05, 4.69) is 0 Å². The molecule has 0 heterocycles. The Balaban J connectivity index is 2.61. The molecule has 0 aliphatic heterocycles. The summed E-state index contributed by atoms with van der Waals surface area (Å²) >= 11 is -0.122. The number of hydrogen-bond donors (Lipinski definition) is 2. The van der Waals surface area contributed by atoms with Crippen molar-refractivity contribution in [3.8, 4) is 0 Å². The molecule has 0 saturated carbocycles. The summed E-state index contributed by atoms with van der Waals surface area (Å²) in [7, 11) is 0.